The van der Waals surface area contributed by atoms with Crippen molar-refractivity contribution in [1.29, 1.82) is 0 Å². The van der Waals surface area contributed by atoms with Gasteiger partial charge in [-0.1, -0.05) is 32.0 Å². The number of rotatable bonds is 6. The Balaban J connectivity index is 1.41. The lowest BCUT2D eigenvalue weighted by molar-refractivity contribution is 0.206. The number of urea groups is 1. The van der Waals surface area contributed by atoms with Gasteiger partial charge < -0.3 is 15.4 Å². The number of carbonyl (C=O) groups excluding carboxylic acids is 1. The van der Waals surface area contributed by atoms with Crippen LogP contribution in [-0.4, -0.2) is 17.1 Å². The predicted octanol–water partition coefficient (Wildman–Crippen LogP) is 4.28. The maximum absolute atomic E-state index is 12.2. The molecular weight excluding hydrogens is 338 g/mol. The smallest absolute Gasteiger partial charge is 0.315 e. The summed E-state index contributed by atoms with van der Waals surface area (Å²) in [6.45, 7) is 5.46. The Morgan fingerprint density at radius 2 is 1.96 bits per heavy atom. The van der Waals surface area contributed by atoms with Crippen LogP contribution in [0.15, 0.2) is 48.7 Å². The first-order chi connectivity index (χ1) is 13.1. The van der Waals surface area contributed by atoms with E-state index in [9.17, 15) is 4.79 Å². The van der Waals surface area contributed by atoms with E-state index in [1.807, 2.05) is 42.5 Å². The van der Waals surface area contributed by atoms with Crippen LogP contribution in [0.3, 0.4) is 0 Å². The van der Waals surface area contributed by atoms with Crippen molar-refractivity contribution in [2.45, 2.75) is 52.3 Å². The molecule has 1 aliphatic rings. The molecule has 3 unspecified atom stereocenters. The average Bonchev–Trinajstić information content (AvgIpc) is 2.68. The van der Waals surface area contributed by atoms with Crippen molar-refractivity contribution in [3.8, 4) is 5.75 Å². The molecule has 0 bridgehead atoms. The summed E-state index contributed by atoms with van der Waals surface area (Å²) in [5.74, 6) is 2.09. The van der Waals surface area contributed by atoms with Gasteiger partial charge in [0.15, 0.2) is 0 Å². The van der Waals surface area contributed by atoms with E-state index in [0.717, 1.165) is 29.3 Å². The molecule has 0 radical (unpaired) electrons. The van der Waals surface area contributed by atoms with Crippen LogP contribution in [-0.2, 0) is 13.2 Å². The van der Waals surface area contributed by atoms with Crippen LogP contribution >= 0.6 is 0 Å². The van der Waals surface area contributed by atoms with Gasteiger partial charge in [0.05, 0.1) is 5.69 Å². The average molecular weight is 367 g/mol. The molecular formula is C22H29N3O2. The zero-order valence-electron chi connectivity index (χ0n) is 16.2. The van der Waals surface area contributed by atoms with Gasteiger partial charge in [0.25, 0.3) is 0 Å². The van der Waals surface area contributed by atoms with Crippen molar-refractivity contribution in [3.63, 3.8) is 0 Å². The molecule has 2 aromatic rings. The molecule has 5 heteroatoms. The van der Waals surface area contributed by atoms with Gasteiger partial charge in [-0.2, -0.15) is 0 Å². The third kappa shape index (κ3) is 5.98. The fourth-order valence-corrected chi connectivity index (χ4v) is 3.63. The quantitative estimate of drug-likeness (QED) is 0.801. The van der Waals surface area contributed by atoms with Gasteiger partial charge in [0.1, 0.15) is 12.4 Å². The van der Waals surface area contributed by atoms with Crippen molar-refractivity contribution in [3.05, 3.63) is 59.9 Å². The van der Waals surface area contributed by atoms with Gasteiger partial charge in [0.2, 0.25) is 0 Å². The van der Waals surface area contributed by atoms with E-state index < -0.39 is 0 Å². The van der Waals surface area contributed by atoms with Crippen molar-refractivity contribution >= 4 is 6.03 Å². The lowest BCUT2D eigenvalue weighted by Crippen LogP contribution is -2.46. The van der Waals surface area contributed by atoms with Crippen LogP contribution < -0.4 is 15.4 Å². The van der Waals surface area contributed by atoms with Crippen LogP contribution in [0.2, 0.25) is 0 Å². The van der Waals surface area contributed by atoms with Gasteiger partial charge in [-0.15, -0.1) is 0 Å². The van der Waals surface area contributed by atoms with E-state index in [1.165, 1.54) is 12.8 Å². The van der Waals surface area contributed by atoms with E-state index in [-0.39, 0.29) is 12.1 Å². The van der Waals surface area contributed by atoms with Crippen LogP contribution in [0, 0.1) is 11.8 Å². The maximum atomic E-state index is 12.2. The fraction of sp³-hybridized carbons (Fsp3) is 0.455. The molecule has 1 saturated carbocycles. The Morgan fingerprint density at radius 3 is 2.67 bits per heavy atom. The molecule has 5 nitrogen and oxygen atoms in total. The van der Waals surface area contributed by atoms with Gasteiger partial charge in [0, 0.05) is 18.8 Å². The first kappa shape index (κ1) is 19.2. The van der Waals surface area contributed by atoms with Gasteiger partial charge in [-0.25, -0.2) is 4.79 Å². The Hall–Kier alpha value is -2.56. The molecule has 1 fully saturated rings. The minimum absolute atomic E-state index is 0.0862. The zero-order chi connectivity index (χ0) is 19.1. The standard InChI is InChI=1S/C22H29N3O2/c1-16-6-11-21(17(2)13-16)25-22(26)24-14-18-7-9-20(10-8-18)27-15-19-5-3-4-12-23-19/h3-5,7-10,12,16-17,21H,6,11,13-15H2,1-2H3,(H2,24,25,26). The van der Waals surface area contributed by atoms with Crippen molar-refractivity contribution in [1.82, 2.24) is 15.6 Å². The molecule has 1 aromatic carbocycles. The fourth-order valence-electron chi connectivity index (χ4n) is 3.63. The highest BCUT2D eigenvalue weighted by Gasteiger charge is 2.26. The molecule has 27 heavy (non-hydrogen) atoms. The van der Waals surface area contributed by atoms with E-state index in [1.54, 1.807) is 6.20 Å². The normalized spacial score (nSPS) is 22.1. The Morgan fingerprint density at radius 1 is 1.15 bits per heavy atom. The molecule has 2 amide bonds. The van der Waals surface area contributed by atoms with Gasteiger partial charge in [-0.3, -0.25) is 4.98 Å². The number of pyridine rings is 1. The number of hydrogen-bond acceptors (Lipinski definition) is 3. The van der Waals surface area contributed by atoms with Crippen LogP contribution in [0.25, 0.3) is 0 Å². The van der Waals surface area contributed by atoms with E-state index >= 15 is 0 Å². The largest absolute Gasteiger partial charge is 0.487 e. The molecule has 1 aliphatic carbocycles. The summed E-state index contributed by atoms with van der Waals surface area (Å²) in [5.41, 5.74) is 1.94. The minimum Gasteiger partial charge on any atom is -0.487 e. The summed E-state index contributed by atoms with van der Waals surface area (Å²) >= 11 is 0. The van der Waals surface area contributed by atoms with Crippen molar-refractivity contribution < 1.29 is 9.53 Å². The summed E-state index contributed by atoms with van der Waals surface area (Å²) in [5, 5.41) is 6.08. The topological polar surface area (TPSA) is 63.2 Å². The third-order valence-electron chi connectivity index (χ3n) is 5.24. The van der Waals surface area contributed by atoms with Crippen LogP contribution in [0.4, 0.5) is 4.79 Å². The third-order valence-corrected chi connectivity index (χ3v) is 5.24. The monoisotopic (exact) mass is 367 g/mol. The second kappa shape index (κ2) is 9.40. The van der Waals surface area contributed by atoms with Crippen molar-refractivity contribution in [2.75, 3.05) is 0 Å². The highest BCUT2D eigenvalue weighted by atomic mass is 16.5. The summed E-state index contributed by atoms with van der Waals surface area (Å²) in [6, 6.07) is 13.7. The van der Waals surface area contributed by atoms with E-state index in [2.05, 4.69) is 29.5 Å². The maximum Gasteiger partial charge on any atom is 0.315 e. The predicted molar refractivity (Wildman–Crippen MR) is 106 cm³/mol. The number of ether oxygens (including phenoxy) is 1. The van der Waals surface area contributed by atoms with Crippen LogP contribution in [0.1, 0.15) is 44.4 Å². The Bertz CT molecular complexity index is 718. The summed E-state index contributed by atoms with van der Waals surface area (Å²) in [4.78, 5) is 16.4. The summed E-state index contributed by atoms with van der Waals surface area (Å²) in [6.07, 6.45) is 5.20. The highest BCUT2D eigenvalue weighted by molar-refractivity contribution is 5.74. The minimum atomic E-state index is -0.0862. The molecule has 1 heterocycles. The molecule has 3 rings (SSSR count). The second-order valence-electron chi connectivity index (χ2n) is 7.58. The Kier molecular flexibility index (Phi) is 6.69. The number of carbonyl (C=O) groups is 1. The summed E-state index contributed by atoms with van der Waals surface area (Å²) in [7, 11) is 0. The first-order valence-corrected chi connectivity index (χ1v) is 9.76. The van der Waals surface area contributed by atoms with E-state index in [4.69, 9.17) is 4.74 Å². The number of benzene rings is 1. The lowest BCUT2D eigenvalue weighted by atomic mass is 9.80. The van der Waals surface area contributed by atoms with E-state index in [0.29, 0.717) is 19.1 Å². The first-order valence-electron chi connectivity index (χ1n) is 9.76. The zero-order valence-corrected chi connectivity index (χ0v) is 16.2. The molecule has 0 aliphatic heterocycles. The number of nitrogens with zero attached hydrogens (tertiary/aromatic N) is 1. The number of aromatic nitrogens is 1. The molecule has 0 spiro atoms. The molecule has 3 atom stereocenters. The SMILES string of the molecule is CC1CCC(NC(=O)NCc2ccc(OCc3ccccn3)cc2)C(C)C1. The number of amides is 2. The second-order valence-corrected chi connectivity index (χ2v) is 7.58. The molecule has 0 saturated heterocycles. The van der Waals surface area contributed by atoms with Crippen LogP contribution in [0.5, 0.6) is 5.75 Å². The number of hydrogen-bond donors (Lipinski definition) is 2. The molecule has 1 aromatic heterocycles. The Labute approximate surface area is 161 Å². The van der Waals surface area contributed by atoms with Crippen molar-refractivity contribution in [2.24, 2.45) is 11.8 Å². The molecule has 144 valence electrons. The van der Waals surface area contributed by atoms with Gasteiger partial charge in [-0.05, 0) is 60.9 Å². The number of nitrogens with one attached hydrogen (secondary N) is 2. The van der Waals surface area contributed by atoms with Gasteiger partial charge >= 0.3 is 6.03 Å². The summed E-state index contributed by atoms with van der Waals surface area (Å²) < 4.78 is 5.73. The molecule has 2 N–H and O–H groups in total. The lowest BCUT2D eigenvalue weighted by Gasteiger charge is -2.33. The highest BCUT2D eigenvalue weighted by Crippen LogP contribution is 2.28.